The summed E-state index contributed by atoms with van der Waals surface area (Å²) >= 11 is 1.54. The van der Waals surface area contributed by atoms with Crippen LogP contribution in [0.4, 0.5) is 13.9 Å². The van der Waals surface area contributed by atoms with Gasteiger partial charge < -0.3 is 4.90 Å². The van der Waals surface area contributed by atoms with Crippen LogP contribution in [0.25, 0.3) is 0 Å². The van der Waals surface area contributed by atoms with Crippen molar-refractivity contribution in [2.75, 3.05) is 31.1 Å². The summed E-state index contributed by atoms with van der Waals surface area (Å²) in [7, 11) is -4.01. The predicted octanol–water partition coefficient (Wildman–Crippen LogP) is 3.83. The van der Waals surface area contributed by atoms with Crippen molar-refractivity contribution in [1.82, 2.24) is 9.29 Å². The summed E-state index contributed by atoms with van der Waals surface area (Å²) in [5.74, 6) is -1.88. The number of aryl methyl sites for hydroxylation is 1. The van der Waals surface area contributed by atoms with Gasteiger partial charge >= 0.3 is 0 Å². The molecule has 1 aliphatic heterocycles. The third kappa shape index (κ3) is 4.23. The molecule has 0 atom stereocenters. The Hall–Kier alpha value is -2.36. The monoisotopic (exact) mass is 449 g/mol. The van der Waals surface area contributed by atoms with Gasteiger partial charge in [0.2, 0.25) is 10.0 Å². The number of anilines is 1. The smallest absolute Gasteiger partial charge is 0.246 e. The highest BCUT2D eigenvalue weighted by Crippen LogP contribution is 2.26. The number of thiazole rings is 1. The fraction of sp³-hybridized carbons (Fsp3) is 0.286. The first-order valence-corrected chi connectivity index (χ1v) is 11.9. The molecule has 2 heterocycles. The fourth-order valence-electron chi connectivity index (χ4n) is 3.47. The lowest BCUT2D eigenvalue weighted by Crippen LogP contribution is -2.48. The molecule has 9 heteroatoms. The van der Waals surface area contributed by atoms with E-state index in [0.29, 0.717) is 19.2 Å². The van der Waals surface area contributed by atoms with Crippen LogP contribution in [0, 0.1) is 18.6 Å². The van der Waals surface area contributed by atoms with Crippen molar-refractivity contribution in [3.8, 4) is 0 Å². The minimum absolute atomic E-state index is 0.214. The SMILES string of the molecule is Cc1ccccc1Cc1csc(N2CCN(S(=O)(=O)c3ccc(F)cc3F)CC2)n1. The maximum absolute atomic E-state index is 14.0. The van der Waals surface area contributed by atoms with Crippen molar-refractivity contribution in [3.05, 3.63) is 76.3 Å². The summed E-state index contributed by atoms with van der Waals surface area (Å²) in [6.07, 6.45) is 0.751. The van der Waals surface area contributed by atoms with Crippen LogP contribution in [0.15, 0.2) is 52.7 Å². The predicted molar refractivity (Wildman–Crippen MR) is 113 cm³/mol. The summed E-state index contributed by atoms with van der Waals surface area (Å²) < 4.78 is 53.8. The van der Waals surface area contributed by atoms with Crippen molar-refractivity contribution in [1.29, 1.82) is 0 Å². The van der Waals surface area contributed by atoms with Gasteiger partial charge in [-0.3, -0.25) is 0 Å². The first-order valence-electron chi connectivity index (χ1n) is 9.53. The van der Waals surface area contributed by atoms with E-state index >= 15 is 0 Å². The Labute approximate surface area is 178 Å². The molecule has 0 aliphatic carbocycles. The zero-order valence-electron chi connectivity index (χ0n) is 16.4. The molecule has 3 aromatic rings. The van der Waals surface area contributed by atoms with Crippen LogP contribution in [0.2, 0.25) is 0 Å². The molecule has 1 aliphatic rings. The quantitative estimate of drug-likeness (QED) is 0.594. The van der Waals surface area contributed by atoms with Crippen molar-refractivity contribution < 1.29 is 17.2 Å². The van der Waals surface area contributed by atoms with Crippen LogP contribution < -0.4 is 4.90 Å². The molecule has 30 heavy (non-hydrogen) atoms. The second kappa shape index (κ2) is 8.41. The average Bonchev–Trinajstić information content (AvgIpc) is 3.18. The number of sulfonamides is 1. The molecular formula is C21H21F2N3O2S2. The van der Waals surface area contributed by atoms with E-state index in [2.05, 4.69) is 19.1 Å². The van der Waals surface area contributed by atoms with Crippen molar-refractivity contribution in [3.63, 3.8) is 0 Å². The second-order valence-electron chi connectivity index (χ2n) is 7.19. The minimum atomic E-state index is -4.01. The van der Waals surface area contributed by atoms with Gasteiger partial charge in [0.1, 0.15) is 16.5 Å². The molecule has 1 aromatic heterocycles. The Kier molecular flexibility index (Phi) is 5.86. The largest absolute Gasteiger partial charge is 0.345 e. The number of aromatic nitrogens is 1. The Morgan fingerprint density at radius 1 is 1.07 bits per heavy atom. The van der Waals surface area contributed by atoms with Gasteiger partial charge in [0, 0.05) is 44.0 Å². The molecular weight excluding hydrogens is 428 g/mol. The average molecular weight is 450 g/mol. The highest BCUT2D eigenvalue weighted by molar-refractivity contribution is 7.89. The molecule has 0 amide bonds. The van der Waals surface area contributed by atoms with E-state index < -0.39 is 26.6 Å². The molecule has 0 unspecified atom stereocenters. The first-order chi connectivity index (χ1) is 14.3. The van der Waals surface area contributed by atoms with Gasteiger partial charge in [-0.05, 0) is 30.2 Å². The molecule has 158 valence electrons. The Morgan fingerprint density at radius 2 is 1.80 bits per heavy atom. The molecule has 0 saturated carbocycles. The van der Waals surface area contributed by atoms with Crippen molar-refractivity contribution in [2.24, 2.45) is 0 Å². The zero-order chi connectivity index (χ0) is 21.3. The van der Waals surface area contributed by atoms with Gasteiger partial charge in [0.15, 0.2) is 5.13 Å². The van der Waals surface area contributed by atoms with Crippen LogP contribution in [-0.2, 0) is 16.4 Å². The van der Waals surface area contributed by atoms with Crippen LogP contribution in [0.5, 0.6) is 0 Å². The van der Waals surface area contributed by atoms with E-state index in [1.165, 1.54) is 26.8 Å². The highest BCUT2D eigenvalue weighted by atomic mass is 32.2. The van der Waals surface area contributed by atoms with E-state index in [-0.39, 0.29) is 13.1 Å². The first kappa shape index (κ1) is 20.9. The summed E-state index contributed by atoms with van der Waals surface area (Å²) in [5, 5.41) is 2.88. The molecule has 4 rings (SSSR count). The molecule has 0 radical (unpaired) electrons. The Morgan fingerprint density at radius 3 is 2.50 bits per heavy atom. The molecule has 0 bridgehead atoms. The number of piperazine rings is 1. The molecule has 0 spiro atoms. The number of hydrogen-bond donors (Lipinski definition) is 0. The molecule has 0 N–H and O–H groups in total. The van der Waals surface area contributed by atoms with E-state index in [0.717, 1.165) is 29.4 Å². The molecule has 1 fully saturated rings. The maximum Gasteiger partial charge on any atom is 0.246 e. The van der Waals surface area contributed by atoms with Crippen LogP contribution in [0.1, 0.15) is 16.8 Å². The lowest BCUT2D eigenvalue weighted by molar-refractivity contribution is 0.382. The zero-order valence-corrected chi connectivity index (χ0v) is 18.0. The maximum atomic E-state index is 14.0. The third-order valence-electron chi connectivity index (χ3n) is 5.19. The van der Waals surface area contributed by atoms with Gasteiger partial charge in [0.25, 0.3) is 0 Å². The molecule has 1 saturated heterocycles. The summed E-state index contributed by atoms with van der Waals surface area (Å²) in [6.45, 7) is 3.42. The number of benzene rings is 2. The molecule has 5 nitrogen and oxygen atoms in total. The van der Waals surface area contributed by atoms with Gasteiger partial charge in [0.05, 0.1) is 5.69 Å². The Balaban J connectivity index is 1.42. The lowest BCUT2D eigenvalue weighted by Gasteiger charge is -2.33. The van der Waals surface area contributed by atoms with E-state index in [9.17, 15) is 17.2 Å². The van der Waals surface area contributed by atoms with E-state index in [4.69, 9.17) is 4.98 Å². The minimum Gasteiger partial charge on any atom is -0.345 e. The number of rotatable bonds is 5. The van der Waals surface area contributed by atoms with Gasteiger partial charge in [-0.15, -0.1) is 11.3 Å². The van der Waals surface area contributed by atoms with Crippen molar-refractivity contribution in [2.45, 2.75) is 18.2 Å². The third-order valence-corrected chi connectivity index (χ3v) is 8.08. The van der Waals surface area contributed by atoms with Gasteiger partial charge in [-0.1, -0.05) is 24.3 Å². The summed E-state index contributed by atoms with van der Waals surface area (Å²) in [4.78, 5) is 6.26. The second-order valence-corrected chi connectivity index (χ2v) is 9.93. The fourth-order valence-corrected chi connectivity index (χ4v) is 5.82. The summed E-state index contributed by atoms with van der Waals surface area (Å²) in [5.41, 5.74) is 3.43. The molecule has 2 aromatic carbocycles. The number of nitrogens with zero attached hydrogens (tertiary/aromatic N) is 3. The van der Waals surface area contributed by atoms with Crippen molar-refractivity contribution >= 4 is 26.5 Å². The van der Waals surface area contributed by atoms with Crippen LogP contribution >= 0.6 is 11.3 Å². The van der Waals surface area contributed by atoms with Gasteiger partial charge in [-0.2, -0.15) is 4.31 Å². The van der Waals surface area contributed by atoms with Crippen LogP contribution in [0.3, 0.4) is 0 Å². The highest BCUT2D eigenvalue weighted by Gasteiger charge is 2.31. The lowest BCUT2D eigenvalue weighted by atomic mass is 10.1. The van der Waals surface area contributed by atoms with E-state index in [1.54, 1.807) is 0 Å². The topological polar surface area (TPSA) is 53.5 Å². The van der Waals surface area contributed by atoms with Crippen LogP contribution in [-0.4, -0.2) is 43.9 Å². The summed E-state index contributed by atoms with van der Waals surface area (Å²) in [6, 6.07) is 10.7. The standard InChI is InChI=1S/C21H21F2N3O2S2/c1-15-4-2-3-5-16(15)12-18-14-29-21(24-18)25-8-10-26(11-9-25)30(27,28)20-7-6-17(22)13-19(20)23/h2-7,13-14H,8-12H2,1H3. The van der Waals surface area contributed by atoms with Gasteiger partial charge in [-0.25, -0.2) is 22.2 Å². The number of halogens is 2. The normalized spacial score (nSPS) is 15.5. The van der Waals surface area contributed by atoms with E-state index in [1.807, 2.05) is 22.4 Å². The Bertz CT molecular complexity index is 1160. The number of hydrogen-bond acceptors (Lipinski definition) is 5.